The van der Waals surface area contributed by atoms with E-state index in [-0.39, 0.29) is 6.61 Å². The highest BCUT2D eigenvalue weighted by atomic mass is 35.5. The molecule has 0 aliphatic heterocycles. The molecule has 0 amide bonds. The van der Waals surface area contributed by atoms with Gasteiger partial charge in [-0.15, -0.1) is 0 Å². The van der Waals surface area contributed by atoms with Crippen molar-refractivity contribution < 1.29 is 14.6 Å². The molecule has 1 unspecified atom stereocenters. The second-order valence-corrected chi connectivity index (χ2v) is 3.71. The molecule has 74 valence electrons. The number of hydrogen-bond donors (Lipinski definition) is 1. The lowest BCUT2D eigenvalue weighted by atomic mass is 10.7. The molecule has 0 aromatic carbocycles. The summed E-state index contributed by atoms with van der Waals surface area (Å²) in [6, 6.07) is 0. The van der Waals surface area contributed by atoms with Crippen LogP contribution in [0.4, 0.5) is 0 Å². The van der Waals surface area contributed by atoms with E-state index in [0.29, 0.717) is 13.2 Å². The maximum absolute atomic E-state index is 8.88. The Kier molecular flexibility index (Phi) is 6.63. The molecular weight excluding hydrogens is 226 g/mol. The quantitative estimate of drug-likeness (QED) is 0.565. The third-order valence-corrected chi connectivity index (χ3v) is 2.03. The van der Waals surface area contributed by atoms with Crippen LogP contribution in [0.5, 0.6) is 0 Å². The molecule has 0 radical (unpaired) electrons. The zero-order valence-corrected chi connectivity index (χ0v) is 8.86. The summed E-state index contributed by atoms with van der Waals surface area (Å²) in [7, 11) is 0. The van der Waals surface area contributed by atoms with Gasteiger partial charge in [0.1, 0.15) is 0 Å². The molecule has 0 saturated carbocycles. The van der Waals surface area contributed by atoms with Gasteiger partial charge >= 0.3 is 0 Å². The van der Waals surface area contributed by atoms with Crippen molar-refractivity contribution in [1.29, 1.82) is 0 Å². The summed E-state index contributed by atoms with van der Waals surface area (Å²) in [5, 5.41) is 8.88. The van der Waals surface area contributed by atoms with E-state index in [0.717, 1.165) is 0 Å². The van der Waals surface area contributed by atoms with Gasteiger partial charge in [0.05, 0.1) is 13.2 Å². The molecule has 0 aliphatic rings. The average molecular weight is 238 g/mol. The first-order valence-corrected chi connectivity index (χ1v) is 4.61. The van der Waals surface area contributed by atoms with Crippen molar-refractivity contribution in [3.05, 3.63) is 0 Å². The summed E-state index contributed by atoms with van der Waals surface area (Å²) in [5.41, 5.74) is -1.15. The summed E-state index contributed by atoms with van der Waals surface area (Å²) in [4.78, 5) is 0. The number of rotatable bonds is 6. The van der Waals surface area contributed by atoms with Crippen molar-refractivity contribution in [2.75, 3.05) is 19.8 Å². The number of alkyl halides is 3. The third-order valence-electron chi connectivity index (χ3n) is 0.969. The highest BCUT2D eigenvalue weighted by molar-refractivity contribution is 6.50. The van der Waals surface area contributed by atoms with Crippen LogP contribution in [-0.2, 0) is 9.47 Å². The maximum Gasteiger partial charge on any atom is 0.256 e. The van der Waals surface area contributed by atoms with Crippen LogP contribution in [-0.4, -0.2) is 35.0 Å². The van der Waals surface area contributed by atoms with Crippen molar-refractivity contribution in [2.24, 2.45) is 0 Å². The van der Waals surface area contributed by atoms with E-state index in [1.165, 1.54) is 0 Å². The van der Waals surface area contributed by atoms with Crippen molar-refractivity contribution in [3.63, 3.8) is 0 Å². The molecule has 12 heavy (non-hydrogen) atoms. The minimum atomic E-state index is -2.06. The van der Waals surface area contributed by atoms with Crippen molar-refractivity contribution in [3.8, 4) is 0 Å². The van der Waals surface area contributed by atoms with Gasteiger partial charge in [0, 0.05) is 6.61 Å². The molecule has 0 saturated heterocycles. The first-order valence-electron chi connectivity index (χ1n) is 3.42. The number of hydrogen-bond acceptors (Lipinski definition) is 3. The van der Waals surface area contributed by atoms with Crippen molar-refractivity contribution in [2.45, 2.75) is 17.0 Å². The third kappa shape index (κ3) is 6.29. The summed E-state index contributed by atoms with van der Waals surface area (Å²) in [5.74, 6) is 0. The average Bonchev–Trinajstić information content (AvgIpc) is 1.96. The standard InChI is InChI=1S/C6H11Cl3O3/c1-2-11-3-4-12-5(7)6(8,9)10/h5,10H,2-4H2,1H3. The maximum atomic E-state index is 8.88. The molecule has 0 rings (SSSR count). The Bertz CT molecular complexity index is 115. The SMILES string of the molecule is CCOCCOC(Cl)C(O)(Cl)Cl. The smallest absolute Gasteiger partial charge is 0.256 e. The topological polar surface area (TPSA) is 38.7 Å². The summed E-state index contributed by atoms with van der Waals surface area (Å²) in [6.07, 6.45) is 0. The van der Waals surface area contributed by atoms with Crippen LogP contribution in [0.3, 0.4) is 0 Å². The van der Waals surface area contributed by atoms with Crippen LogP contribution >= 0.6 is 34.8 Å². The predicted molar refractivity (Wildman–Crippen MR) is 48.7 cm³/mol. The van der Waals surface area contributed by atoms with Gasteiger partial charge in [-0.3, -0.25) is 0 Å². The first kappa shape index (κ1) is 12.8. The number of ether oxygens (including phenoxy) is 2. The molecule has 3 nitrogen and oxygen atoms in total. The molecule has 6 heteroatoms. The summed E-state index contributed by atoms with van der Waals surface area (Å²) < 4.78 is 7.72. The van der Waals surface area contributed by atoms with Gasteiger partial charge in [0.15, 0.2) is 5.56 Å². The van der Waals surface area contributed by atoms with Crippen LogP contribution in [0.15, 0.2) is 0 Å². The van der Waals surface area contributed by atoms with Crippen LogP contribution in [0.2, 0.25) is 0 Å². The van der Waals surface area contributed by atoms with Crippen molar-refractivity contribution >= 4 is 34.8 Å². The Morgan fingerprint density at radius 3 is 2.42 bits per heavy atom. The van der Waals surface area contributed by atoms with Gasteiger partial charge in [0.2, 0.25) is 0 Å². The molecule has 0 aromatic heterocycles. The van der Waals surface area contributed by atoms with Crippen LogP contribution in [0.1, 0.15) is 6.92 Å². The molecule has 0 spiro atoms. The Balaban J connectivity index is 3.38. The van der Waals surface area contributed by atoms with E-state index >= 15 is 0 Å². The van der Waals surface area contributed by atoms with E-state index in [2.05, 4.69) is 0 Å². The van der Waals surface area contributed by atoms with Gasteiger partial charge in [-0.05, 0) is 6.92 Å². The zero-order valence-electron chi connectivity index (χ0n) is 6.60. The Morgan fingerprint density at radius 1 is 1.42 bits per heavy atom. The van der Waals surface area contributed by atoms with E-state index in [9.17, 15) is 0 Å². The Hall–Kier alpha value is 0.750. The fourth-order valence-electron chi connectivity index (χ4n) is 0.455. The minimum Gasteiger partial charge on any atom is -0.379 e. The summed E-state index contributed by atoms with van der Waals surface area (Å²) in [6.45, 7) is 3.09. The Morgan fingerprint density at radius 2 is 2.00 bits per heavy atom. The highest BCUT2D eigenvalue weighted by Gasteiger charge is 2.31. The largest absolute Gasteiger partial charge is 0.379 e. The number of aliphatic hydroxyl groups is 1. The zero-order chi connectivity index (χ0) is 9.61. The highest BCUT2D eigenvalue weighted by Crippen LogP contribution is 2.26. The normalized spacial score (nSPS) is 14.8. The molecular formula is C6H11Cl3O3. The van der Waals surface area contributed by atoms with E-state index in [1.807, 2.05) is 6.92 Å². The van der Waals surface area contributed by atoms with Crippen molar-refractivity contribution in [1.82, 2.24) is 0 Å². The fraction of sp³-hybridized carbons (Fsp3) is 1.00. The monoisotopic (exact) mass is 236 g/mol. The van der Waals surface area contributed by atoms with Gasteiger partial charge in [0.25, 0.3) is 4.52 Å². The van der Waals surface area contributed by atoms with Crippen LogP contribution < -0.4 is 0 Å². The minimum absolute atomic E-state index is 0.240. The van der Waals surface area contributed by atoms with E-state index < -0.39 is 10.1 Å². The lowest BCUT2D eigenvalue weighted by molar-refractivity contribution is -0.00416. The van der Waals surface area contributed by atoms with Gasteiger partial charge in [-0.2, -0.15) is 0 Å². The summed E-state index contributed by atoms with van der Waals surface area (Å²) >= 11 is 15.9. The van der Waals surface area contributed by atoms with E-state index in [1.54, 1.807) is 0 Å². The Labute approximate surface area is 86.5 Å². The predicted octanol–water partition coefficient (Wildman–Crippen LogP) is 1.73. The fourth-order valence-corrected chi connectivity index (χ4v) is 0.670. The lowest BCUT2D eigenvalue weighted by Crippen LogP contribution is -2.29. The van der Waals surface area contributed by atoms with Gasteiger partial charge < -0.3 is 14.6 Å². The van der Waals surface area contributed by atoms with E-state index in [4.69, 9.17) is 49.4 Å². The van der Waals surface area contributed by atoms with Crippen LogP contribution in [0, 0.1) is 0 Å². The molecule has 0 aromatic rings. The molecule has 0 fully saturated rings. The van der Waals surface area contributed by atoms with Gasteiger partial charge in [-0.1, -0.05) is 34.8 Å². The molecule has 0 aliphatic carbocycles. The molecule has 0 bridgehead atoms. The lowest BCUT2D eigenvalue weighted by Gasteiger charge is -2.18. The molecule has 1 N–H and O–H groups in total. The second-order valence-electron chi connectivity index (χ2n) is 1.97. The number of halogens is 3. The van der Waals surface area contributed by atoms with Gasteiger partial charge in [-0.25, -0.2) is 0 Å². The second kappa shape index (κ2) is 6.24. The molecule has 1 atom stereocenters. The molecule has 0 heterocycles. The first-order chi connectivity index (χ1) is 5.48. The van der Waals surface area contributed by atoms with Crippen LogP contribution in [0.25, 0.3) is 0 Å².